The van der Waals surface area contributed by atoms with Gasteiger partial charge in [-0.2, -0.15) is 15.0 Å². The van der Waals surface area contributed by atoms with Crippen molar-refractivity contribution in [1.82, 2.24) is 24.8 Å². The monoisotopic (exact) mass is 539 g/mol. The molecule has 0 spiro atoms. The average molecular weight is 540 g/mol. The maximum Gasteiger partial charge on any atom is 0.232 e. The molecule has 5 heterocycles. The Labute approximate surface area is 227 Å². The van der Waals surface area contributed by atoms with E-state index in [9.17, 15) is 0 Å². The number of nitrogens with one attached hydrogen (secondary N) is 1. The predicted molar refractivity (Wildman–Crippen MR) is 150 cm³/mol. The Hall–Kier alpha value is -2.99. The lowest BCUT2D eigenvalue weighted by atomic mass is 10.2. The van der Waals surface area contributed by atoms with Gasteiger partial charge in [-0.05, 0) is 24.3 Å². The molecule has 2 aromatic heterocycles. The molecule has 202 valence electrons. The lowest BCUT2D eigenvalue weighted by Gasteiger charge is -2.36. The molecule has 0 saturated carbocycles. The van der Waals surface area contributed by atoms with Crippen molar-refractivity contribution in [2.24, 2.45) is 0 Å². The summed E-state index contributed by atoms with van der Waals surface area (Å²) in [5.41, 5.74) is 1.99. The summed E-state index contributed by atoms with van der Waals surface area (Å²) in [6.07, 6.45) is 1.82. The topological polar surface area (TPSA) is 95.0 Å². The van der Waals surface area contributed by atoms with E-state index in [0.29, 0.717) is 31.5 Å². The molecule has 1 N–H and O–H groups in total. The SMILES string of the molecule is Clc1ccc2c(NCCN3CCN(c4nc(N5CCOCC5)nc(N5CCOCC5)n4)CC3)ccnc2c1. The molecule has 3 fully saturated rings. The third-order valence-corrected chi connectivity index (χ3v) is 7.53. The highest BCUT2D eigenvalue weighted by molar-refractivity contribution is 6.31. The Morgan fingerprint density at radius 1 is 0.737 bits per heavy atom. The average Bonchev–Trinajstić information content (AvgIpc) is 2.98. The number of hydrogen-bond donors (Lipinski definition) is 1. The lowest BCUT2D eigenvalue weighted by molar-refractivity contribution is 0.121. The first-order valence-electron chi connectivity index (χ1n) is 13.4. The molecule has 1 aromatic carbocycles. The number of halogens is 1. The van der Waals surface area contributed by atoms with Crippen molar-refractivity contribution in [3.8, 4) is 0 Å². The van der Waals surface area contributed by atoms with E-state index in [-0.39, 0.29) is 0 Å². The Kier molecular flexibility index (Phi) is 7.86. The minimum atomic E-state index is 0.698. The summed E-state index contributed by atoms with van der Waals surface area (Å²) >= 11 is 6.13. The van der Waals surface area contributed by atoms with Crippen LogP contribution in [0.3, 0.4) is 0 Å². The zero-order valence-electron chi connectivity index (χ0n) is 21.6. The Balaban J connectivity index is 1.08. The standard InChI is InChI=1S/C26H34ClN9O2/c27-20-1-2-21-22(3-4-28-23(21)19-20)29-5-6-33-7-9-34(10-8-33)24-30-25(35-11-15-37-16-12-35)32-26(31-24)36-13-17-38-18-14-36/h1-4,19H,5-18H2,(H,28,29). The van der Waals surface area contributed by atoms with Gasteiger partial charge in [-0.25, -0.2) is 0 Å². The van der Waals surface area contributed by atoms with Crippen molar-refractivity contribution in [2.45, 2.75) is 0 Å². The van der Waals surface area contributed by atoms with Crippen molar-refractivity contribution < 1.29 is 9.47 Å². The van der Waals surface area contributed by atoms with Crippen molar-refractivity contribution in [3.63, 3.8) is 0 Å². The first kappa shape index (κ1) is 25.3. The molecule has 6 rings (SSSR count). The van der Waals surface area contributed by atoms with Gasteiger partial charge in [-0.3, -0.25) is 9.88 Å². The summed E-state index contributed by atoms with van der Waals surface area (Å²) in [4.78, 5) is 28.3. The maximum atomic E-state index is 6.13. The molecule has 12 heteroatoms. The van der Waals surface area contributed by atoms with Gasteiger partial charge in [0.25, 0.3) is 0 Å². The second-order valence-electron chi connectivity index (χ2n) is 9.71. The lowest BCUT2D eigenvalue weighted by Crippen LogP contribution is -2.48. The molecule has 38 heavy (non-hydrogen) atoms. The number of morpholine rings is 2. The smallest absolute Gasteiger partial charge is 0.232 e. The molecule has 3 aliphatic heterocycles. The summed E-state index contributed by atoms with van der Waals surface area (Å²) in [6.45, 7) is 11.5. The largest absolute Gasteiger partial charge is 0.383 e. The van der Waals surface area contributed by atoms with Crippen LogP contribution in [0.5, 0.6) is 0 Å². The number of ether oxygens (including phenoxy) is 2. The van der Waals surface area contributed by atoms with Crippen LogP contribution >= 0.6 is 11.6 Å². The maximum absolute atomic E-state index is 6.13. The van der Waals surface area contributed by atoms with Crippen LogP contribution in [0, 0.1) is 0 Å². The van der Waals surface area contributed by atoms with Gasteiger partial charge in [-0.15, -0.1) is 0 Å². The van der Waals surface area contributed by atoms with Crippen molar-refractivity contribution in [3.05, 3.63) is 35.5 Å². The summed E-state index contributed by atoms with van der Waals surface area (Å²) in [6, 6.07) is 7.85. The molecular formula is C26H34ClN9O2. The molecule has 3 aromatic rings. The number of anilines is 4. The van der Waals surface area contributed by atoms with Crippen LogP contribution in [0.1, 0.15) is 0 Å². The van der Waals surface area contributed by atoms with Gasteiger partial charge in [0.1, 0.15) is 0 Å². The van der Waals surface area contributed by atoms with Crippen LogP contribution in [0.2, 0.25) is 5.02 Å². The van der Waals surface area contributed by atoms with Gasteiger partial charge in [-0.1, -0.05) is 11.6 Å². The van der Waals surface area contributed by atoms with E-state index >= 15 is 0 Å². The van der Waals surface area contributed by atoms with Crippen molar-refractivity contribution in [2.75, 3.05) is 112 Å². The third-order valence-electron chi connectivity index (χ3n) is 7.29. The zero-order chi connectivity index (χ0) is 25.7. The number of piperazine rings is 1. The van der Waals surface area contributed by atoms with Crippen LogP contribution in [-0.4, -0.2) is 117 Å². The molecule has 0 amide bonds. The molecule has 0 aliphatic carbocycles. The van der Waals surface area contributed by atoms with E-state index in [0.717, 1.165) is 99.9 Å². The fourth-order valence-corrected chi connectivity index (χ4v) is 5.26. The normalized spacial score (nSPS) is 19.2. The van der Waals surface area contributed by atoms with Crippen molar-refractivity contribution in [1.29, 1.82) is 0 Å². The van der Waals surface area contributed by atoms with E-state index < -0.39 is 0 Å². The van der Waals surface area contributed by atoms with Crippen LogP contribution in [0.4, 0.5) is 23.5 Å². The summed E-state index contributed by atoms with van der Waals surface area (Å²) in [5.74, 6) is 2.26. The van der Waals surface area contributed by atoms with Gasteiger partial charge < -0.3 is 29.5 Å². The van der Waals surface area contributed by atoms with Gasteiger partial charge >= 0.3 is 0 Å². The number of nitrogens with zero attached hydrogens (tertiary/aromatic N) is 8. The van der Waals surface area contributed by atoms with Gasteiger partial charge in [0.05, 0.1) is 31.9 Å². The Morgan fingerprint density at radius 3 is 1.92 bits per heavy atom. The number of benzene rings is 1. The van der Waals surface area contributed by atoms with Crippen molar-refractivity contribution >= 4 is 46.0 Å². The van der Waals surface area contributed by atoms with E-state index in [2.05, 4.69) is 29.9 Å². The molecule has 0 atom stereocenters. The quantitative estimate of drug-likeness (QED) is 0.477. The first-order valence-corrected chi connectivity index (χ1v) is 13.8. The fraction of sp³-hybridized carbons (Fsp3) is 0.538. The first-order chi connectivity index (χ1) is 18.7. The summed E-state index contributed by atoms with van der Waals surface area (Å²) in [7, 11) is 0. The number of hydrogen-bond acceptors (Lipinski definition) is 11. The molecule has 3 aliphatic rings. The Bertz CT molecular complexity index is 1190. The molecule has 11 nitrogen and oxygen atoms in total. The molecule has 0 radical (unpaired) electrons. The predicted octanol–water partition coefficient (Wildman–Crippen LogP) is 1.98. The molecular weight excluding hydrogens is 506 g/mol. The summed E-state index contributed by atoms with van der Waals surface area (Å²) in [5, 5.41) is 5.37. The minimum absolute atomic E-state index is 0.698. The zero-order valence-corrected chi connectivity index (χ0v) is 22.3. The fourth-order valence-electron chi connectivity index (χ4n) is 5.09. The summed E-state index contributed by atoms with van der Waals surface area (Å²) < 4.78 is 11.1. The number of pyridine rings is 1. The van der Waals surface area contributed by atoms with Crippen LogP contribution in [0.25, 0.3) is 10.9 Å². The minimum Gasteiger partial charge on any atom is -0.383 e. The number of aromatic nitrogens is 4. The highest BCUT2D eigenvalue weighted by Gasteiger charge is 2.25. The molecule has 3 saturated heterocycles. The van der Waals surface area contributed by atoms with E-state index in [1.165, 1.54) is 0 Å². The second-order valence-corrected chi connectivity index (χ2v) is 10.1. The van der Waals surface area contributed by atoms with Gasteiger partial charge in [0.15, 0.2) is 0 Å². The highest BCUT2D eigenvalue weighted by atomic mass is 35.5. The van der Waals surface area contributed by atoms with E-state index in [1.807, 2.05) is 30.5 Å². The van der Waals surface area contributed by atoms with E-state index in [4.69, 9.17) is 36.0 Å². The molecule has 0 unspecified atom stereocenters. The van der Waals surface area contributed by atoms with Crippen LogP contribution in [-0.2, 0) is 9.47 Å². The third kappa shape index (κ3) is 5.85. The van der Waals surface area contributed by atoms with Crippen LogP contribution < -0.4 is 20.0 Å². The number of fused-ring (bicyclic) bond motifs is 1. The number of rotatable bonds is 7. The van der Waals surface area contributed by atoms with E-state index in [1.54, 1.807) is 0 Å². The Morgan fingerprint density at radius 2 is 1.32 bits per heavy atom. The molecule has 0 bridgehead atoms. The van der Waals surface area contributed by atoms with Crippen LogP contribution in [0.15, 0.2) is 30.5 Å². The van der Waals surface area contributed by atoms with Gasteiger partial charge in [0.2, 0.25) is 17.8 Å². The second kappa shape index (κ2) is 11.8. The van der Waals surface area contributed by atoms with Gasteiger partial charge in [0, 0.05) is 87.7 Å². The highest BCUT2D eigenvalue weighted by Crippen LogP contribution is 2.25.